The summed E-state index contributed by atoms with van der Waals surface area (Å²) in [5, 5.41) is 1.69. The van der Waals surface area contributed by atoms with Gasteiger partial charge in [0.25, 0.3) is 0 Å². The number of hydrogen-bond acceptors (Lipinski definition) is 0. The molecule has 0 nitrogen and oxygen atoms in total. The zero-order valence-electron chi connectivity index (χ0n) is 15.2. The quantitative estimate of drug-likeness (QED) is 0.298. The van der Waals surface area contributed by atoms with Crippen molar-refractivity contribution in [3.63, 3.8) is 0 Å². The number of hydrogen-bond donors (Lipinski definition) is 0. The van der Waals surface area contributed by atoms with Crippen LogP contribution in [-0.4, -0.2) is 0 Å². The summed E-state index contributed by atoms with van der Waals surface area (Å²) in [5.41, 5.74) is 6.86. The van der Waals surface area contributed by atoms with Gasteiger partial charge in [0.15, 0.2) is 0 Å². The molecule has 0 heterocycles. The van der Waals surface area contributed by atoms with Gasteiger partial charge < -0.3 is 0 Å². The summed E-state index contributed by atoms with van der Waals surface area (Å²) < 4.78 is 15.9. The smallest absolute Gasteiger partial charge is 0.131 e. The summed E-state index contributed by atoms with van der Waals surface area (Å²) in [6, 6.07) is 24.5. The highest BCUT2D eigenvalue weighted by Crippen LogP contribution is 2.52. The highest BCUT2D eigenvalue weighted by Gasteiger charge is 2.37. The van der Waals surface area contributed by atoms with Crippen molar-refractivity contribution in [2.45, 2.75) is 19.3 Å². The number of fused-ring (bicyclic) bond motifs is 5. The van der Waals surface area contributed by atoms with Crippen molar-refractivity contribution in [3.05, 3.63) is 94.2 Å². The molecule has 0 unspecified atom stereocenters. The SMILES string of the molecule is CC1(C)c2cc(-c3ccc(Br)cc3)ccc2-c2c1cc(F)c1ccccc21. The molecule has 0 bridgehead atoms. The van der Waals surface area contributed by atoms with Crippen LogP contribution < -0.4 is 0 Å². The van der Waals surface area contributed by atoms with Crippen molar-refractivity contribution in [1.82, 2.24) is 0 Å². The summed E-state index contributed by atoms with van der Waals surface area (Å²) in [6.45, 7) is 4.38. The zero-order chi connectivity index (χ0) is 18.8. The van der Waals surface area contributed by atoms with Gasteiger partial charge in [-0.2, -0.15) is 0 Å². The first-order valence-corrected chi connectivity index (χ1v) is 9.89. The molecule has 0 N–H and O–H groups in total. The molecule has 0 saturated carbocycles. The topological polar surface area (TPSA) is 0 Å². The van der Waals surface area contributed by atoms with Gasteiger partial charge in [-0.15, -0.1) is 0 Å². The van der Waals surface area contributed by atoms with Crippen molar-refractivity contribution in [1.29, 1.82) is 0 Å². The summed E-state index contributed by atoms with van der Waals surface area (Å²) in [5.74, 6) is -0.140. The minimum atomic E-state index is -0.235. The summed E-state index contributed by atoms with van der Waals surface area (Å²) in [7, 11) is 0. The number of rotatable bonds is 1. The van der Waals surface area contributed by atoms with Gasteiger partial charge in [-0.3, -0.25) is 0 Å². The molecule has 2 heteroatoms. The molecule has 0 saturated heterocycles. The molecule has 27 heavy (non-hydrogen) atoms. The van der Waals surface area contributed by atoms with E-state index in [2.05, 4.69) is 72.2 Å². The van der Waals surface area contributed by atoms with Crippen molar-refractivity contribution in [2.24, 2.45) is 0 Å². The Morgan fingerprint density at radius 1 is 0.741 bits per heavy atom. The maximum Gasteiger partial charge on any atom is 0.131 e. The fourth-order valence-electron chi connectivity index (χ4n) is 4.36. The normalized spacial score (nSPS) is 14.2. The summed E-state index contributed by atoms with van der Waals surface area (Å²) >= 11 is 3.50. The number of halogens is 2. The molecule has 0 fully saturated rings. The van der Waals surface area contributed by atoms with Crippen LogP contribution in [0.2, 0.25) is 0 Å². The van der Waals surface area contributed by atoms with Crippen LogP contribution >= 0.6 is 15.9 Å². The highest BCUT2D eigenvalue weighted by molar-refractivity contribution is 9.10. The molecule has 0 atom stereocenters. The third kappa shape index (κ3) is 2.40. The van der Waals surface area contributed by atoms with Crippen molar-refractivity contribution >= 4 is 26.7 Å². The molecule has 0 radical (unpaired) electrons. The van der Waals surface area contributed by atoms with Crippen LogP contribution in [0.4, 0.5) is 4.39 Å². The molecule has 0 aromatic heterocycles. The average molecular weight is 417 g/mol. The maximum atomic E-state index is 14.8. The highest BCUT2D eigenvalue weighted by atomic mass is 79.9. The van der Waals surface area contributed by atoms with Crippen LogP contribution in [0, 0.1) is 5.82 Å². The molecular weight excluding hydrogens is 399 g/mol. The maximum absolute atomic E-state index is 14.8. The lowest BCUT2D eigenvalue weighted by Gasteiger charge is -2.22. The van der Waals surface area contributed by atoms with Gasteiger partial charge in [0, 0.05) is 15.3 Å². The van der Waals surface area contributed by atoms with Crippen molar-refractivity contribution < 1.29 is 4.39 Å². The van der Waals surface area contributed by atoms with E-state index >= 15 is 0 Å². The van der Waals surface area contributed by atoms with Gasteiger partial charge in [0.05, 0.1) is 0 Å². The molecule has 1 aliphatic carbocycles. The third-order valence-corrected chi connectivity index (χ3v) is 6.34. The van der Waals surface area contributed by atoms with Gasteiger partial charge in [-0.25, -0.2) is 4.39 Å². The molecule has 132 valence electrons. The van der Waals surface area contributed by atoms with E-state index in [1.54, 1.807) is 6.07 Å². The second kappa shape index (κ2) is 5.77. The first kappa shape index (κ1) is 16.7. The second-order valence-corrected chi connectivity index (χ2v) is 8.63. The van der Waals surface area contributed by atoms with Crippen LogP contribution in [0.5, 0.6) is 0 Å². The Morgan fingerprint density at radius 3 is 2.15 bits per heavy atom. The fraction of sp³-hybridized carbons (Fsp3) is 0.120. The Bertz CT molecular complexity index is 1200. The lowest BCUT2D eigenvalue weighted by atomic mass is 9.81. The molecular formula is C25H18BrF. The lowest BCUT2D eigenvalue weighted by Crippen LogP contribution is -2.15. The average Bonchev–Trinajstić information content (AvgIpc) is 2.90. The van der Waals surface area contributed by atoms with Crippen LogP contribution in [0.3, 0.4) is 0 Å². The monoisotopic (exact) mass is 416 g/mol. The summed E-state index contributed by atoms with van der Waals surface area (Å²) in [4.78, 5) is 0. The van der Waals surface area contributed by atoms with Gasteiger partial charge in [-0.1, -0.05) is 78.3 Å². The van der Waals surface area contributed by atoms with Gasteiger partial charge in [0.2, 0.25) is 0 Å². The zero-order valence-corrected chi connectivity index (χ0v) is 16.8. The predicted molar refractivity (Wildman–Crippen MR) is 115 cm³/mol. The minimum absolute atomic E-state index is 0.140. The Morgan fingerprint density at radius 2 is 1.41 bits per heavy atom. The first-order valence-electron chi connectivity index (χ1n) is 9.09. The van der Waals surface area contributed by atoms with E-state index in [9.17, 15) is 4.39 Å². The molecule has 4 aromatic rings. The van der Waals surface area contributed by atoms with E-state index < -0.39 is 0 Å². The predicted octanol–water partition coefficient (Wildman–Crippen LogP) is 7.71. The molecule has 0 aliphatic heterocycles. The largest absolute Gasteiger partial charge is 0.206 e. The van der Waals surface area contributed by atoms with Crippen molar-refractivity contribution in [2.75, 3.05) is 0 Å². The fourth-order valence-corrected chi connectivity index (χ4v) is 4.62. The van der Waals surface area contributed by atoms with Gasteiger partial charge in [0.1, 0.15) is 5.82 Å². The molecule has 4 aromatic carbocycles. The lowest BCUT2D eigenvalue weighted by molar-refractivity contribution is 0.619. The third-order valence-electron chi connectivity index (χ3n) is 5.81. The Labute approximate surface area is 166 Å². The van der Waals surface area contributed by atoms with Crippen LogP contribution in [0.15, 0.2) is 77.3 Å². The van der Waals surface area contributed by atoms with Crippen LogP contribution in [0.1, 0.15) is 25.0 Å². The van der Waals surface area contributed by atoms with E-state index in [0.29, 0.717) is 5.39 Å². The van der Waals surface area contributed by atoms with E-state index in [1.165, 1.54) is 27.8 Å². The Balaban J connectivity index is 1.79. The summed E-state index contributed by atoms with van der Waals surface area (Å²) in [6.07, 6.45) is 0. The minimum Gasteiger partial charge on any atom is -0.206 e. The second-order valence-electron chi connectivity index (χ2n) is 7.72. The van der Waals surface area contributed by atoms with Crippen LogP contribution in [0.25, 0.3) is 33.0 Å². The van der Waals surface area contributed by atoms with E-state index in [-0.39, 0.29) is 11.2 Å². The molecule has 0 amide bonds. The molecule has 1 aliphatic rings. The van der Waals surface area contributed by atoms with Gasteiger partial charge >= 0.3 is 0 Å². The molecule has 0 spiro atoms. The first-order chi connectivity index (χ1) is 13.0. The Kier molecular flexibility index (Phi) is 3.57. The van der Waals surface area contributed by atoms with E-state index in [4.69, 9.17) is 0 Å². The van der Waals surface area contributed by atoms with E-state index in [1.807, 2.05) is 24.3 Å². The molecule has 5 rings (SSSR count). The standard InChI is InChI=1S/C25H18BrF/c1-25(2)21-13-16(15-7-10-17(26)11-8-15)9-12-20(21)24-19-6-4-3-5-18(19)23(27)14-22(24)25/h3-14H,1-2H3. The van der Waals surface area contributed by atoms with E-state index in [0.717, 1.165) is 15.4 Å². The van der Waals surface area contributed by atoms with Gasteiger partial charge in [-0.05, 0) is 63.0 Å². The van der Waals surface area contributed by atoms with Crippen LogP contribution in [-0.2, 0) is 5.41 Å². The van der Waals surface area contributed by atoms with Crippen molar-refractivity contribution in [3.8, 4) is 22.3 Å². The number of benzene rings is 4. The Hall–Kier alpha value is -2.45.